The van der Waals surface area contributed by atoms with Crippen molar-refractivity contribution in [2.45, 2.75) is 25.4 Å². The molecule has 25 heavy (non-hydrogen) atoms. The fourth-order valence-corrected chi connectivity index (χ4v) is 3.75. The third kappa shape index (κ3) is 4.37. The first-order chi connectivity index (χ1) is 12.0. The molecule has 5 heteroatoms. The van der Waals surface area contributed by atoms with Gasteiger partial charge in [0, 0.05) is 22.1 Å². The van der Waals surface area contributed by atoms with Crippen LogP contribution in [0.1, 0.15) is 22.6 Å². The molecule has 130 valence electrons. The number of oxazole rings is 1. The minimum Gasteiger partial charge on any atom is -0.497 e. The molecular formula is C20H21NO3S. The first-order valence-electron chi connectivity index (χ1n) is 8.05. The molecular weight excluding hydrogens is 334 g/mol. The van der Waals surface area contributed by atoms with E-state index in [1.54, 1.807) is 13.3 Å². The Hall–Kier alpha value is -2.40. The summed E-state index contributed by atoms with van der Waals surface area (Å²) in [5, 5.41) is 0. The van der Waals surface area contributed by atoms with Crippen LogP contribution in [-0.4, -0.2) is 16.3 Å². The van der Waals surface area contributed by atoms with Crippen LogP contribution in [0.15, 0.2) is 53.1 Å². The Labute approximate surface area is 150 Å². The van der Waals surface area contributed by atoms with E-state index >= 15 is 0 Å². The van der Waals surface area contributed by atoms with Gasteiger partial charge in [0.15, 0.2) is 5.76 Å². The minimum absolute atomic E-state index is 0.309. The van der Waals surface area contributed by atoms with Crippen LogP contribution in [0.2, 0.25) is 0 Å². The monoisotopic (exact) mass is 355 g/mol. The van der Waals surface area contributed by atoms with Crippen LogP contribution < -0.4 is 4.74 Å². The van der Waals surface area contributed by atoms with Gasteiger partial charge in [0.2, 0.25) is 5.89 Å². The Morgan fingerprint density at radius 1 is 1.08 bits per heavy atom. The largest absolute Gasteiger partial charge is 0.497 e. The smallest absolute Gasteiger partial charge is 0.207 e. The average Bonchev–Trinajstić information content (AvgIpc) is 3.06. The number of nitrogens with zero attached hydrogens (tertiary/aromatic N) is 1. The van der Waals surface area contributed by atoms with Crippen molar-refractivity contribution in [3.8, 4) is 17.1 Å². The lowest BCUT2D eigenvalue weighted by molar-refractivity contribution is 0.415. The summed E-state index contributed by atoms with van der Waals surface area (Å²) in [5.41, 5.74) is 4.36. The number of hydrogen-bond acceptors (Lipinski definition) is 4. The van der Waals surface area contributed by atoms with Crippen LogP contribution in [0.3, 0.4) is 0 Å². The fourth-order valence-electron chi connectivity index (χ4n) is 2.58. The Morgan fingerprint density at radius 3 is 2.56 bits per heavy atom. The number of methoxy groups -OCH3 is 1. The first-order valence-corrected chi connectivity index (χ1v) is 9.54. The van der Waals surface area contributed by atoms with Crippen molar-refractivity contribution in [1.82, 2.24) is 4.98 Å². The third-order valence-electron chi connectivity index (χ3n) is 4.03. The van der Waals surface area contributed by atoms with Crippen molar-refractivity contribution >= 4 is 10.8 Å². The molecule has 0 N–H and O–H groups in total. The van der Waals surface area contributed by atoms with E-state index in [1.165, 1.54) is 5.56 Å². The van der Waals surface area contributed by atoms with E-state index < -0.39 is 10.8 Å². The van der Waals surface area contributed by atoms with Gasteiger partial charge in [0.05, 0.1) is 13.3 Å². The standard InChI is InChI=1S/C20H21NO3S/c1-14-4-5-15(2)17(10-14)12-25(22)13-20-21-11-19(24-20)16-6-8-18(23-3)9-7-16/h4-11H,12-13H2,1-3H3. The summed E-state index contributed by atoms with van der Waals surface area (Å²) in [7, 11) is 0.567. The Balaban J connectivity index is 1.68. The summed E-state index contributed by atoms with van der Waals surface area (Å²) >= 11 is 0. The van der Waals surface area contributed by atoms with E-state index in [2.05, 4.69) is 23.2 Å². The number of aromatic nitrogens is 1. The van der Waals surface area contributed by atoms with Crippen molar-refractivity contribution in [1.29, 1.82) is 0 Å². The maximum absolute atomic E-state index is 12.5. The highest BCUT2D eigenvalue weighted by molar-refractivity contribution is 7.83. The summed E-state index contributed by atoms with van der Waals surface area (Å²) in [4.78, 5) is 4.27. The van der Waals surface area contributed by atoms with Crippen molar-refractivity contribution in [2.75, 3.05) is 7.11 Å². The predicted octanol–water partition coefficient (Wildman–Crippen LogP) is 4.42. The van der Waals surface area contributed by atoms with E-state index in [-0.39, 0.29) is 0 Å². The minimum atomic E-state index is -1.06. The van der Waals surface area contributed by atoms with Gasteiger partial charge in [-0.05, 0) is 49.2 Å². The van der Waals surface area contributed by atoms with E-state index in [1.807, 2.05) is 38.1 Å². The van der Waals surface area contributed by atoms with Gasteiger partial charge in [0.1, 0.15) is 11.5 Å². The fraction of sp³-hybridized carbons (Fsp3) is 0.250. The highest BCUT2D eigenvalue weighted by Gasteiger charge is 2.12. The summed E-state index contributed by atoms with van der Waals surface area (Å²) < 4.78 is 23.4. The Morgan fingerprint density at radius 2 is 1.84 bits per heavy atom. The van der Waals surface area contributed by atoms with Crippen LogP contribution in [0.5, 0.6) is 5.75 Å². The van der Waals surface area contributed by atoms with Gasteiger partial charge in [0.25, 0.3) is 0 Å². The predicted molar refractivity (Wildman–Crippen MR) is 100.0 cm³/mol. The molecule has 3 aromatic rings. The van der Waals surface area contributed by atoms with Crippen molar-refractivity contribution in [2.24, 2.45) is 0 Å². The van der Waals surface area contributed by atoms with Gasteiger partial charge in [-0.15, -0.1) is 0 Å². The van der Waals surface area contributed by atoms with Gasteiger partial charge >= 0.3 is 0 Å². The molecule has 0 amide bonds. The summed E-state index contributed by atoms with van der Waals surface area (Å²) in [6.45, 7) is 4.08. The molecule has 0 aliphatic rings. The molecule has 0 fully saturated rings. The summed E-state index contributed by atoms with van der Waals surface area (Å²) in [6.07, 6.45) is 1.67. The second-order valence-corrected chi connectivity index (χ2v) is 7.46. The van der Waals surface area contributed by atoms with Crippen LogP contribution >= 0.6 is 0 Å². The zero-order chi connectivity index (χ0) is 17.8. The number of rotatable bonds is 6. The van der Waals surface area contributed by atoms with Gasteiger partial charge < -0.3 is 9.15 Å². The first kappa shape index (κ1) is 17.4. The molecule has 0 radical (unpaired) electrons. The lowest BCUT2D eigenvalue weighted by Crippen LogP contribution is -2.01. The van der Waals surface area contributed by atoms with E-state index in [0.717, 1.165) is 22.4 Å². The molecule has 2 aromatic carbocycles. The molecule has 1 aromatic heterocycles. The molecule has 4 nitrogen and oxygen atoms in total. The van der Waals surface area contributed by atoms with Crippen molar-refractivity contribution in [3.63, 3.8) is 0 Å². The zero-order valence-corrected chi connectivity index (χ0v) is 15.4. The van der Waals surface area contributed by atoms with Crippen LogP contribution in [0.4, 0.5) is 0 Å². The molecule has 0 saturated carbocycles. The molecule has 3 rings (SSSR count). The maximum Gasteiger partial charge on any atom is 0.207 e. The van der Waals surface area contributed by atoms with Crippen LogP contribution in [0.25, 0.3) is 11.3 Å². The second kappa shape index (κ2) is 7.66. The molecule has 1 atom stereocenters. The highest BCUT2D eigenvalue weighted by Crippen LogP contribution is 2.24. The topological polar surface area (TPSA) is 52.3 Å². The van der Waals surface area contributed by atoms with Gasteiger partial charge in [-0.2, -0.15) is 0 Å². The van der Waals surface area contributed by atoms with Gasteiger partial charge in [-0.3, -0.25) is 4.21 Å². The lowest BCUT2D eigenvalue weighted by atomic mass is 10.1. The van der Waals surface area contributed by atoms with E-state index in [0.29, 0.717) is 23.2 Å². The Bertz CT molecular complexity index is 884. The van der Waals surface area contributed by atoms with Crippen LogP contribution in [0, 0.1) is 13.8 Å². The normalized spacial score (nSPS) is 12.1. The van der Waals surface area contributed by atoms with Crippen molar-refractivity contribution in [3.05, 3.63) is 71.2 Å². The number of hydrogen-bond donors (Lipinski definition) is 0. The summed E-state index contributed by atoms with van der Waals surface area (Å²) in [5.74, 6) is 2.77. The molecule has 1 heterocycles. The second-order valence-electron chi connectivity index (χ2n) is 6.01. The number of aryl methyl sites for hydroxylation is 2. The molecule has 0 bridgehead atoms. The van der Waals surface area contributed by atoms with Crippen LogP contribution in [-0.2, 0) is 22.3 Å². The lowest BCUT2D eigenvalue weighted by Gasteiger charge is -2.06. The molecule has 0 aliphatic heterocycles. The van der Waals surface area contributed by atoms with E-state index in [9.17, 15) is 4.21 Å². The number of benzene rings is 2. The molecule has 0 spiro atoms. The summed E-state index contributed by atoms with van der Waals surface area (Å²) in [6, 6.07) is 13.8. The molecule has 1 unspecified atom stereocenters. The Kier molecular flexibility index (Phi) is 5.34. The highest BCUT2D eigenvalue weighted by atomic mass is 32.2. The maximum atomic E-state index is 12.5. The molecule has 0 saturated heterocycles. The number of ether oxygens (including phenoxy) is 1. The average molecular weight is 355 g/mol. The SMILES string of the molecule is COc1ccc(-c2cnc(CS(=O)Cc3cc(C)ccc3C)o2)cc1. The van der Waals surface area contributed by atoms with Gasteiger partial charge in [-0.25, -0.2) is 4.98 Å². The quantitative estimate of drug-likeness (QED) is 0.657. The van der Waals surface area contributed by atoms with Crippen molar-refractivity contribution < 1.29 is 13.4 Å². The third-order valence-corrected chi connectivity index (χ3v) is 5.24. The zero-order valence-electron chi connectivity index (χ0n) is 14.6. The van der Waals surface area contributed by atoms with E-state index in [4.69, 9.17) is 9.15 Å². The molecule has 0 aliphatic carbocycles. The van der Waals surface area contributed by atoms with Gasteiger partial charge in [-0.1, -0.05) is 23.8 Å².